The number of hydrogen-bond donors (Lipinski definition) is 1. The first-order valence-corrected chi connectivity index (χ1v) is 12.9. The van der Waals surface area contributed by atoms with Gasteiger partial charge in [-0.2, -0.15) is 0 Å². The van der Waals surface area contributed by atoms with Gasteiger partial charge in [0.05, 0.1) is 11.6 Å². The third-order valence-electron chi connectivity index (χ3n) is 6.89. The summed E-state index contributed by atoms with van der Waals surface area (Å²) in [5, 5.41) is 11.3. The first kappa shape index (κ1) is 27.1. The lowest BCUT2D eigenvalue weighted by Crippen LogP contribution is -2.38. The Hall–Kier alpha value is -3.97. The molecule has 3 aromatic rings. The van der Waals surface area contributed by atoms with Gasteiger partial charge in [0.15, 0.2) is 0 Å². The van der Waals surface area contributed by atoms with E-state index in [1.54, 1.807) is 36.4 Å². The van der Waals surface area contributed by atoms with Crippen molar-refractivity contribution >= 4 is 17.4 Å². The molecule has 0 radical (unpaired) electrons. The van der Waals surface area contributed by atoms with E-state index in [9.17, 15) is 19.1 Å². The second-order valence-electron chi connectivity index (χ2n) is 9.37. The summed E-state index contributed by atoms with van der Waals surface area (Å²) in [4.78, 5) is 29.9. The molecule has 0 aliphatic carbocycles. The van der Waals surface area contributed by atoms with Crippen molar-refractivity contribution in [3.05, 3.63) is 106 Å². The van der Waals surface area contributed by atoms with Crippen LogP contribution in [0.5, 0.6) is 5.75 Å². The second-order valence-corrected chi connectivity index (χ2v) is 9.37. The summed E-state index contributed by atoms with van der Waals surface area (Å²) in [6, 6.07) is 19.6. The number of amides is 1. The summed E-state index contributed by atoms with van der Waals surface area (Å²) in [6.45, 7) is 8.97. The van der Waals surface area contributed by atoms with E-state index in [0.717, 1.165) is 24.2 Å². The second kappa shape index (κ2) is 12.0. The molecular weight excluding hydrogens is 483 g/mol. The van der Waals surface area contributed by atoms with Crippen LogP contribution < -0.4 is 4.74 Å². The molecule has 38 heavy (non-hydrogen) atoms. The summed E-state index contributed by atoms with van der Waals surface area (Å²) < 4.78 is 19.6. The monoisotopic (exact) mass is 516 g/mol. The number of nitrogens with zero attached hydrogens (tertiary/aromatic N) is 2. The molecule has 1 aliphatic heterocycles. The van der Waals surface area contributed by atoms with Crippen molar-refractivity contribution in [3.63, 3.8) is 0 Å². The number of rotatable bonds is 10. The lowest BCUT2D eigenvalue weighted by atomic mass is 9.95. The largest absolute Gasteiger partial charge is 0.507 e. The predicted octanol–water partition coefficient (Wildman–Crippen LogP) is 5.48. The standard InChI is InChI=1S/C31H33FN2O4/c1-4-33(5-2)17-18-34-28(23-9-13-25(32)14-10-23)27(30(36)31(34)37)29(35)24-11-15-26(16-12-24)38-20-22-8-6-7-21(3)19-22/h6-16,19,28,35H,4-5,17-18,20H2,1-3H3/b29-27+/t28-/m1/s1. The molecule has 1 N–H and O–H groups in total. The molecule has 1 amide bonds. The number of ether oxygens (including phenoxy) is 1. The van der Waals surface area contributed by atoms with Crippen LogP contribution in [0.1, 0.15) is 42.1 Å². The van der Waals surface area contributed by atoms with Gasteiger partial charge in [0.1, 0.15) is 23.9 Å². The predicted molar refractivity (Wildman–Crippen MR) is 145 cm³/mol. The van der Waals surface area contributed by atoms with Crippen LogP contribution in [-0.2, 0) is 16.2 Å². The van der Waals surface area contributed by atoms with Gasteiger partial charge in [0.2, 0.25) is 0 Å². The van der Waals surface area contributed by atoms with Crippen LogP contribution in [-0.4, -0.2) is 52.8 Å². The molecular formula is C31H33FN2O4. The zero-order valence-electron chi connectivity index (χ0n) is 22.0. The molecule has 198 valence electrons. The Kier molecular flexibility index (Phi) is 8.59. The van der Waals surface area contributed by atoms with E-state index in [1.807, 2.05) is 39.0 Å². The summed E-state index contributed by atoms with van der Waals surface area (Å²) in [6.07, 6.45) is 0. The van der Waals surface area contributed by atoms with E-state index in [4.69, 9.17) is 4.74 Å². The molecule has 0 bridgehead atoms. The van der Waals surface area contributed by atoms with Crippen molar-refractivity contribution in [1.29, 1.82) is 0 Å². The Morgan fingerprint density at radius 2 is 1.68 bits per heavy atom. The van der Waals surface area contributed by atoms with Crippen molar-refractivity contribution in [2.24, 2.45) is 0 Å². The van der Waals surface area contributed by atoms with Gasteiger partial charge in [0, 0.05) is 18.7 Å². The molecule has 7 heteroatoms. The molecule has 1 atom stereocenters. The van der Waals surface area contributed by atoms with Crippen molar-refractivity contribution < 1.29 is 23.8 Å². The van der Waals surface area contributed by atoms with E-state index in [1.165, 1.54) is 17.0 Å². The number of aliphatic hydroxyl groups is 1. The van der Waals surface area contributed by atoms with Crippen LogP contribution in [0.15, 0.2) is 78.4 Å². The summed E-state index contributed by atoms with van der Waals surface area (Å²) in [7, 11) is 0. The van der Waals surface area contributed by atoms with Crippen LogP contribution in [0.2, 0.25) is 0 Å². The van der Waals surface area contributed by atoms with E-state index in [2.05, 4.69) is 11.0 Å². The van der Waals surface area contributed by atoms with Crippen LogP contribution in [0.25, 0.3) is 5.76 Å². The molecule has 0 spiro atoms. The fraction of sp³-hybridized carbons (Fsp3) is 0.290. The summed E-state index contributed by atoms with van der Waals surface area (Å²) >= 11 is 0. The van der Waals surface area contributed by atoms with E-state index in [0.29, 0.717) is 36.6 Å². The number of carbonyl (C=O) groups excluding carboxylic acids is 2. The lowest BCUT2D eigenvalue weighted by Gasteiger charge is -2.28. The maximum atomic E-state index is 13.7. The minimum Gasteiger partial charge on any atom is -0.507 e. The van der Waals surface area contributed by atoms with E-state index in [-0.39, 0.29) is 11.3 Å². The number of likely N-dealkylation sites (N-methyl/N-ethyl adjacent to an activating group) is 1. The molecule has 0 unspecified atom stereocenters. The highest BCUT2D eigenvalue weighted by Crippen LogP contribution is 2.39. The van der Waals surface area contributed by atoms with Gasteiger partial charge < -0.3 is 19.6 Å². The van der Waals surface area contributed by atoms with Crippen LogP contribution >= 0.6 is 0 Å². The molecule has 1 aliphatic rings. The van der Waals surface area contributed by atoms with Gasteiger partial charge in [-0.15, -0.1) is 0 Å². The highest BCUT2D eigenvalue weighted by atomic mass is 19.1. The molecule has 6 nitrogen and oxygen atoms in total. The number of aliphatic hydroxyl groups excluding tert-OH is 1. The Balaban J connectivity index is 1.63. The maximum absolute atomic E-state index is 13.7. The van der Waals surface area contributed by atoms with Gasteiger partial charge in [-0.1, -0.05) is 55.8 Å². The number of ketones is 1. The number of likely N-dealkylation sites (tertiary alicyclic amines) is 1. The van der Waals surface area contributed by atoms with Gasteiger partial charge in [0.25, 0.3) is 11.7 Å². The van der Waals surface area contributed by atoms with Gasteiger partial charge >= 0.3 is 0 Å². The number of aryl methyl sites for hydroxylation is 1. The SMILES string of the molecule is CCN(CC)CCN1C(=O)C(=O)/C(=C(/O)c2ccc(OCc3cccc(C)c3)cc2)[C@H]1c1ccc(F)cc1. The number of carbonyl (C=O) groups is 2. The Morgan fingerprint density at radius 3 is 2.32 bits per heavy atom. The number of halogens is 1. The third-order valence-corrected chi connectivity index (χ3v) is 6.89. The minimum atomic E-state index is -0.816. The minimum absolute atomic E-state index is 0.00501. The topological polar surface area (TPSA) is 70.1 Å². The fourth-order valence-electron chi connectivity index (χ4n) is 4.72. The average Bonchev–Trinajstić information content (AvgIpc) is 3.18. The zero-order chi connectivity index (χ0) is 27.2. The lowest BCUT2D eigenvalue weighted by molar-refractivity contribution is -0.140. The highest BCUT2D eigenvalue weighted by Gasteiger charge is 2.45. The molecule has 1 saturated heterocycles. The van der Waals surface area contributed by atoms with E-state index < -0.39 is 23.5 Å². The van der Waals surface area contributed by atoms with Gasteiger partial charge in [-0.25, -0.2) is 4.39 Å². The number of hydrogen-bond acceptors (Lipinski definition) is 5. The van der Waals surface area contributed by atoms with Crippen LogP contribution in [0.4, 0.5) is 4.39 Å². The highest BCUT2D eigenvalue weighted by molar-refractivity contribution is 6.46. The molecule has 1 fully saturated rings. The number of benzene rings is 3. The average molecular weight is 517 g/mol. The van der Waals surface area contributed by atoms with Crippen molar-refractivity contribution in [3.8, 4) is 5.75 Å². The smallest absolute Gasteiger partial charge is 0.295 e. The molecule has 4 rings (SSSR count). The van der Waals surface area contributed by atoms with Crippen molar-refractivity contribution in [2.75, 3.05) is 26.2 Å². The first-order valence-electron chi connectivity index (χ1n) is 12.9. The van der Waals surface area contributed by atoms with E-state index >= 15 is 0 Å². The quantitative estimate of drug-likeness (QED) is 0.220. The summed E-state index contributed by atoms with van der Waals surface area (Å²) in [5.74, 6) is -1.51. The Bertz CT molecular complexity index is 1310. The third kappa shape index (κ3) is 5.94. The fourth-order valence-corrected chi connectivity index (χ4v) is 4.72. The molecule has 3 aromatic carbocycles. The summed E-state index contributed by atoms with van der Waals surface area (Å²) in [5.41, 5.74) is 3.14. The molecule has 0 aromatic heterocycles. The van der Waals surface area contributed by atoms with Crippen molar-refractivity contribution in [2.45, 2.75) is 33.4 Å². The van der Waals surface area contributed by atoms with Crippen LogP contribution in [0.3, 0.4) is 0 Å². The molecule has 0 saturated carbocycles. The first-order chi connectivity index (χ1) is 18.3. The zero-order valence-corrected chi connectivity index (χ0v) is 22.0. The van der Waals surface area contributed by atoms with Crippen molar-refractivity contribution in [1.82, 2.24) is 9.80 Å². The van der Waals surface area contributed by atoms with Gasteiger partial charge in [-0.05, 0) is 67.5 Å². The number of Topliss-reactive ketones (excluding diaryl/α,β-unsaturated/α-hetero) is 1. The normalized spacial score (nSPS) is 16.9. The Labute approximate surface area is 223 Å². The molecule has 1 heterocycles. The van der Waals surface area contributed by atoms with Gasteiger partial charge in [-0.3, -0.25) is 9.59 Å². The van der Waals surface area contributed by atoms with Crippen LogP contribution in [0, 0.1) is 12.7 Å². The maximum Gasteiger partial charge on any atom is 0.295 e. The Morgan fingerprint density at radius 1 is 1.00 bits per heavy atom.